The molecule has 0 unspecified atom stereocenters. The Morgan fingerprint density at radius 2 is 2.03 bits per heavy atom. The molecule has 0 bridgehead atoms. The molecule has 0 atom stereocenters. The van der Waals surface area contributed by atoms with Gasteiger partial charge in [-0.05, 0) is 31.2 Å². The van der Waals surface area contributed by atoms with Gasteiger partial charge in [0.15, 0.2) is 0 Å². The molecule has 1 aliphatic rings. The molecule has 0 saturated heterocycles. The maximum Gasteiger partial charge on any atom is 0.260 e. The van der Waals surface area contributed by atoms with Crippen molar-refractivity contribution in [3.05, 3.63) is 82.1 Å². The Morgan fingerprint density at radius 1 is 1.22 bits per heavy atom. The molecule has 0 aliphatic carbocycles. The van der Waals surface area contributed by atoms with Crippen LogP contribution in [0, 0.1) is 0 Å². The molecular formula is C23H21BrN6O2. The zero-order chi connectivity index (χ0) is 22.5. The highest BCUT2D eigenvalue weighted by Crippen LogP contribution is 2.29. The van der Waals surface area contributed by atoms with Crippen LogP contribution >= 0.6 is 15.9 Å². The fraction of sp³-hybridized carbons (Fsp3) is 0.174. The van der Waals surface area contributed by atoms with Crippen LogP contribution in [0.3, 0.4) is 0 Å². The highest BCUT2D eigenvalue weighted by molar-refractivity contribution is 9.10. The molecule has 2 heterocycles. The van der Waals surface area contributed by atoms with Crippen LogP contribution in [0.25, 0.3) is 0 Å². The van der Waals surface area contributed by atoms with Gasteiger partial charge in [-0.2, -0.15) is 10.2 Å². The monoisotopic (exact) mass is 492 g/mol. The number of benzodiazepines with no additional fused rings is 1. The van der Waals surface area contributed by atoms with Crippen LogP contribution in [0.1, 0.15) is 23.7 Å². The number of benzene rings is 2. The number of hydrazone groups is 1. The van der Waals surface area contributed by atoms with Crippen LogP contribution in [-0.4, -0.2) is 46.6 Å². The van der Waals surface area contributed by atoms with Gasteiger partial charge >= 0.3 is 0 Å². The Morgan fingerprint density at radius 3 is 2.81 bits per heavy atom. The first-order chi connectivity index (χ1) is 15.6. The Labute approximate surface area is 193 Å². The lowest BCUT2D eigenvalue weighted by atomic mass is 10.0. The second-order valence-corrected chi connectivity index (χ2v) is 7.95. The summed E-state index contributed by atoms with van der Waals surface area (Å²) in [5.41, 5.74) is 6.29. The Bertz CT molecular complexity index is 1200. The van der Waals surface area contributed by atoms with E-state index in [2.05, 4.69) is 36.5 Å². The molecule has 1 aromatic heterocycles. The summed E-state index contributed by atoms with van der Waals surface area (Å²) in [6, 6.07) is 17.1. The molecule has 0 radical (unpaired) electrons. The molecule has 1 N–H and O–H groups in total. The lowest BCUT2D eigenvalue weighted by molar-refractivity contribution is -0.123. The third-order valence-electron chi connectivity index (χ3n) is 4.96. The number of hydrogen-bond donors (Lipinski definition) is 1. The predicted molar refractivity (Wildman–Crippen MR) is 127 cm³/mol. The third kappa shape index (κ3) is 4.67. The van der Waals surface area contributed by atoms with Crippen LogP contribution in [0.5, 0.6) is 0 Å². The maximum atomic E-state index is 12.9. The van der Waals surface area contributed by atoms with Crippen molar-refractivity contribution < 1.29 is 9.59 Å². The van der Waals surface area contributed by atoms with Gasteiger partial charge in [0.2, 0.25) is 5.91 Å². The van der Waals surface area contributed by atoms with Crippen molar-refractivity contribution in [1.29, 1.82) is 0 Å². The van der Waals surface area contributed by atoms with Gasteiger partial charge in [-0.3, -0.25) is 19.3 Å². The molecule has 1 aliphatic heterocycles. The molecule has 32 heavy (non-hydrogen) atoms. The standard InChI is InChI=1S/C23H21BrN6O2/c1-2-30-18(10-11-27-30)13-26-28-21(31)15-29-20-9-8-17(24)12-19(20)23(25-14-22(29)32)16-6-4-3-5-7-16/h3-13H,2,14-15H2,1H3,(H,28,31)/b26-13-. The predicted octanol–water partition coefficient (Wildman–Crippen LogP) is 3.00. The van der Waals surface area contributed by atoms with Gasteiger partial charge in [0, 0.05) is 28.3 Å². The minimum atomic E-state index is -0.408. The van der Waals surface area contributed by atoms with Crippen LogP contribution in [0.4, 0.5) is 5.69 Å². The van der Waals surface area contributed by atoms with Crippen LogP contribution in [0.15, 0.2) is 75.4 Å². The van der Waals surface area contributed by atoms with Crippen molar-refractivity contribution >= 4 is 45.4 Å². The first-order valence-corrected chi connectivity index (χ1v) is 10.9. The zero-order valence-electron chi connectivity index (χ0n) is 17.4. The number of amides is 2. The van der Waals surface area contributed by atoms with Gasteiger partial charge in [-0.1, -0.05) is 46.3 Å². The van der Waals surface area contributed by atoms with E-state index in [-0.39, 0.29) is 19.0 Å². The Balaban J connectivity index is 1.57. The molecule has 2 aromatic carbocycles. The SMILES string of the molecule is CCn1nccc1/C=N\NC(=O)CN1C(=O)CN=C(c2ccccc2)c2cc(Br)ccc21. The molecule has 9 heteroatoms. The van der Waals surface area contributed by atoms with E-state index >= 15 is 0 Å². The van der Waals surface area contributed by atoms with E-state index in [0.29, 0.717) is 17.9 Å². The van der Waals surface area contributed by atoms with E-state index in [1.54, 1.807) is 16.9 Å². The summed E-state index contributed by atoms with van der Waals surface area (Å²) < 4.78 is 2.61. The second kappa shape index (κ2) is 9.69. The maximum absolute atomic E-state index is 12.9. The topological polar surface area (TPSA) is 92.0 Å². The molecule has 0 fully saturated rings. The first-order valence-electron chi connectivity index (χ1n) is 10.1. The fourth-order valence-corrected chi connectivity index (χ4v) is 3.83. The van der Waals surface area contributed by atoms with Gasteiger partial charge in [-0.25, -0.2) is 5.43 Å². The number of aromatic nitrogens is 2. The van der Waals surface area contributed by atoms with E-state index in [1.807, 2.05) is 55.5 Å². The number of nitrogens with zero attached hydrogens (tertiary/aromatic N) is 5. The van der Waals surface area contributed by atoms with E-state index in [9.17, 15) is 9.59 Å². The average Bonchev–Trinajstić information content (AvgIpc) is 3.21. The summed E-state index contributed by atoms with van der Waals surface area (Å²) in [5, 5.41) is 8.16. The highest BCUT2D eigenvalue weighted by atomic mass is 79.9. The lowest BCUT2D eigenvalue weighted by Gasteiger charge is -2.22. The van der Waals surface area contributed by atoms with E-state index in [1.165, 1.54) is 11.1 Å². The van der Waals surface area contributed by atoms with Crippen LogP contribution in [0.2, 0.25) is 0 Å². The van der Waals surface area contributed by atoms with Gasteiger partial charge in [0.1, 0.15) is 13.1 Å². The molecular weight excluding hydrogens is 472 g/mol. The van der Waals surface area contributed by atoms with Crippen molar-refractivity contribution in [1.82, 2.24) is 15.2 Å². The number of carbonyl (C=O) groups excluding carboxylic acids is 2. The largest absolute Gasteiger partial charge is 0.301 e. The Hall–Kier alpha value is -3.59. The quantitative estimate of drug-likeness (QED) is 0.423. The van der Waals surface area contributed by atoms with Crippen molar-refractivity contribution in [3.8, 4) is 0 Å². The normalized spacial score (nSPS) is 13.6. The van der Waals surface area contributed by atoms with E-state index in [4.69, 9.17) is 0 Å². The van der Waals surface area contributed by atoms with Gasteiger partial charge in [0.25, 0.3) is 5.91 Å². The second-order valence-electron chi connectivity index (χ2n) is 7.04. The number of carbonyl (C=O) groups is 2. The molecule has 2 amide bonds. The summed E-state index contributed by atoms with van der Waals surface area (Å²) in [6.07, 6.45) is 3.20. The van der Waals surface area contributed by atoms with Crippen LogP contribution < -0.4 is 10.3 Å². The number of nitrogens with one attached hydrogen (secondary N) is 1. The summed E-state index contributed by atoms with van der Waals surface area (Å²) in [5.74, 6) is -0.670. The average molecular weight is 493 g/mol. The summed E-state index contributed by atoms with van der Waals surface area (Å²) >= 11 is 3.50. The number of rotatable bonds is 6. The molecule has 8 nitrogen and oxygen atoms in total. The number of fused-ring (bicyclic) bond motifs is 1. The van der Waals surface area contributed by atoms with Crippen molar-refractivity contribution in [2.24, 2.45) is 10.1 Å². The number of aliphatic imine (C=N–C) groups is 1. The van der Waals surface area contributed by atoms with E-state index < -0.39 is 5.91 Å². The third-order valence-corrected chi connectivity index (χ3v) is 5.46. The van der Waals surface area contributed by atoms with Crippen molar-refractivity contribution in [3.63, 3.8) is 0 Å². The minimum Gasteiger partial charge on any atom is -0.301 e. The molecule has 3 aromatic rings. The summed E-state index contributed by atoms with van der Waals surface area (Å²) in [6.45, 7) is 2.44. The number of halogens is 1. The fourth-order valence-electron chi connectivity index (χ4n) is 3.47. The highest BCUT2D eigenvalue weighted by Gasteiger charge is 2.27. The summed E-state index contributed by atoms with van der Waals surface area (Å²) in [4.78, 5) is 31.5. The van der Waals surface area contributed by atoms with Crippen molar-refractivity contribution in [2.45, 2.75) is 13.5 Å². The lowest BCUT2D eigenvalue weighted by Crippen LogP contribution is -2.40. The smallest absolute Gasteiger partial charge is 0.260 e. The van der Waals surface area contributed by atoms with E-state index in [0.717, 1.165) is 21.3 Å². The molecule has 4 rings (SSSR count). The van der Waals surface area contributed by atoms with Gasteiger partial charge in [0.05, 0.1) is 23.3 Å². The molecule has 0 saturated carbocycles. The van der Waals surface area contributed by atoms with Crippen LogP contribution in [-0.2, 0) is 16.1 Å². The molecule has 0 spiro atoms. The minimum absolute atomic E-state index is 0.0528. The van der Waals surface area contributed by atoms with Crippen molar-refractivity contribution in [2.75, 3.05) is 18.0 Å². The number of aryl methyl sites for hydroxylation is 1. The summed E-state index contributed by atoms with van der Waals surface area (Å²) in [7, 11) is 0. The number of anilines is 1. The number of hydrogen-bond acceptors (Lipinski definition) is 5. The molecule has 162 valence electrons. The van der Waals surface area contributed by atoms with Gasteiger partial charge in [-0.15, -0.1) is 0 Å². The zero-order valence-corrected chi connectivity index (χ0v) is 19.0. The first kappa shape index (κ1) is 21.6. The van der Waals surface area contributed by atoms with Gasteiger partial charge < -0.3 is 4.90 Å². The Kier molecular flexibility index (Phi) is 6.55.